The maximum atomic E-state index is 6.81. The van der Waals surface area contributed by atoms with Crippen molar-refractivity contribution in [2.75, 3.05) is 4.90 Å². The predicted octanol–water partition coefficient (Wildman–Crippen LogP) is 15.0. The zero-order chi connectivity index (χ0) is 39.2. The van der Waals surface area contributed by atoms with Crippen LogP contribution in [0.3, 0.4) is 0 Å². The standard InChI is InChI=1S/C57H51NO/c1-36-27-30-43(48(33-36)39-15-4-3-5-16-39)41-17-6-7-18-42(41)44-19-9-12-24-52(44)58(51-32-31-46-45-20-10-13-26-54(45)59-56(46)37(51)2)53-25-14-23-50-55(53)47-21-8-11-22-49(47)57(50)35-38-28-29-40(57)34-38/h3-5,8-27,30-32,36-38,40,51H,6-7,28-29,33-35H2,1-2H3. The maximum Gasteiger partial charge on any atom is 0.134 e. The van der Waals surface area contributed by atoms with E-state index in [-0.39, 0.29) is 17.4 Å². The van der Waals surface area contributed by atoms with Crippen LogP contribution in [0.1, 0.15) is 98.3 Å². The minimum atomic E-state index is 0.0191. The fourth-order valence-corrected chi connectivity index (χ4v) is 12.6. The Kier molecular flexibility index (Phi) is 8.09. The van der Waals surface area contributed by atoms with E-state index in [1.807, 2.05) is 0 Å². The van der Waals surface area contributed by atoms with Gasteiger partial charge in [0.15, 0.2) is 0 Å². The molecule has 5 aromatic carbocycles. The van der Waals surface area contributed by atoms with Crippen LogP contribution < -0.4 is 4.90 Å². The van der Waals surface area contributed by atoms with Crippen molar-refractivity contribution < 1.29 is 4.42 Å². The Hall–Kier alpha value is -5.86. The van der Waals surface area contributed by atoms with Crippen LogP contribution in [0.25, 0.3) is 39.3 Å². The molecule has 6 aliphatic rings. The Labute approximate surface area is 349 Å². The maximum absolute atomic E-state index is 6.81. The molecule has 0 radical (unpaired) electrons. The smallest absolute Gasteiger partial charge is 0.134 e. The monoisotopic (exact) mass is 765 g/mol. The SMILES string of the molecule is CC1C=CC(C2=CCCC=C2c2ccccc2N(c2cccc3c2-c2ccccc2C32CC3CCC2C3)C2C=Cc3c(oc4ccccc34)C2C)=C(c2ccccc2)C1. The van der Waals surface area contributed by atoms with Crippen LogP contribution in [0.4, 0.5) is 11.4 Å². The molecule has 2 saturated carbocycles. The molecule has 2 nitrogen and oxygen atoms in total. The van der Waals surface area contributed by atoms with Gasteiger partial charge in [-0.05, 0) is 119 Å². The van der Waals surface area contributed by atoms with Crippen LogP contribution in [-0.2, 0) is 5.41 Å². The van der Waals surface area contributed by atoms with Gasteiger partial charge in [-0.2, -0.15) is 0 Å². The summed E-state index contributed by atoms with van der Waals surface area (Å²) in [5, 5.41) is 1.20. The van der Waals surface area contributed by atoms with E-state index in [4.69, 9.17) is 4.42 Å². The predicted molar refractivity (Wildman–Crippen MR) is 246 cm³/mol. The number of anilines is 2. The number of hydrogen-bond donors (Lipinski definition) is 0. The summed E-state index contributed by atoms with van der Waals surface area (Å²) in [4.78, 5) is 2.73. The average Bonchev–Trinajstić information content (AvgIpc) is 4.07. The van der Waals surface area contributed by atoms with Crippen LogP contribution >= 0.6 is 0 Å². The van der Waals surface area contributed by atoms with E-state index in [9.17, 15) is 0 Å². The molecule has 6 atom stereocenters. The second-order valence-electron chi connectivity index (χ2n) is 18.3. The van der Waals surface area contributed by atoms with E-state index < -0.39 is 0 Å². The highest BCUT2D eigenvalue weighted by molar-refractivity contribution is 5.99. The number of allylic oxidation sites excluding steroid dienone is 8. The van der Waals surface area contributed by atoms with Gasteiger partial charge >= 0.3 is 0 Å². The summed E-state index contributed by atoms with van der Waals surface area (Å²) in [5.41, 5.74) is 19.0. The molecule has 0 N–H and O–H groups in total. The van der Waals surface area contributed by atoms with Crippen molar-refractivity contribution in [3.05, 3.63) is 196 Å². The van der Waals surface area contributed by atoms with E-state index in [0.29, 0.717) is 11.8 Å². The van der Waals surface area contributed by atoms with Crippen LogP contribution in [0.2, 0.25) is 0 Å². The van der Waals surface area contributed by atoms with Crippen LogP contribution in [0.5, 0.6) is 0 Å². The summed E-state index contributed by atoms with van der Waals surface area (Å²) in [6.45, 7) is 4.73. The molecule has 1 spiro atoms. The molecular formula is C57H51NO. The first-order valence-electron chi connectivity index (χ1n) is 22.3. The molecule has 1 heterocycles. The zero-order valence-electron chi connectivity index (χ0n) is 34.2. The van der Waals surface area contributed by atoms with Gasteiger partial charge in [-0.15, -0.1) is 0 Å². The molecule has 0 amide bonds. The summed E-state index contributed by atoms with van der Waals surface area (Å²) in [5.74, 6) is 3.20. The van der Waals surface area contributed by atoms with Gasteiger partial charge in [-0.3, -0.25) is 0 Å². The van der Waals surface area contributed by atoms with Gasteiger partial charge in [0.25, 0.3) is 0 Å². The summed E-state index contributed by atoms with van der Waals surface area (Å²) < 4.78 is 6.81. The Balaban J connectivity index is 1.08. The molecule has 2 bridgehead atoms. The number of furan rings is 1. The highest BCUT2D eigenvalue weighted by Crippen LogP contribution is 2.67. The van der Waals surface area contributed by atoms with E-state index in [2.05, 4.69) is 177 Å². The van der Waals surface area contributed by atoms with Crippen molar-refractivity contribution in [2.45, 2.75) is 76.2 Å². The molecule has 6 aromatic rings. The molecule has 6 aliphatic carbocycles. The molecular weight excluding hydrogens is 715 g/mol. The lowest BCUT2D eigenvalue weighted by molar-refractivity contribution is 0.327. The lowest BCUT2D eigenvalue weighted by atomic mass is 9.67. The van der Waals surface area contributed by atoms with Gasteiger partial charge in [-0.1, -0.05) is 160 Å². The van der Waals surface area contributed by atoms with E-state index >= 15 is 0 Å². The molecule has 6 unspecified atom stereocenters. The summed E-state index contributed by atoms with van der Waals surface area (Å²) in [6, 6.07) is 45.7. The molecule has 0 aliphatic heterocycles. The fourth-order valence-electron chi connectivity index (χ4n) is 12.6. The largest absolute Gasteiger partial charge is 0.460 e. The fraction of sp³-hybridized carbons (Fsp3) is 0.263. The molecule has 1 aromatic heterocycles. The van der Waals surface area contributed by atoms with Gasteiger partial charge < -0.3 is 9.32 Å². The quantitative estimate of drug-likeness (QED) is 0.168. The Morgan fingerprint density at radius 2 is 1.41 bits per heavy atom. The Morgan fingerprint density at radius 3 is 2.25 bits per heavy atom. The van der Waals surface area contributed by atoms with E-state index in [1.54, 1.807) is 11.1 Å². The van der Waals surface area contributed by atoms with Crippen molar-refractivity contribution in [1.82, 2.24) is 0 Å². The number of nitrogens with zero attached hydrogens (tertiary/aromatic N) is 1. The number of fused-ring (bicyclic) bond motifs is 11. The minimum absolute atomic E-state index is 0.0191. The number of benzene rings is 5. The highest BCUT2D eigenvalue weighted by atomic mass is 16.3. The molecule has 12 rings (SSSR count). The first kappa shape index (κ1) is 35.1. The number of hydrogen-bond acceptors (Lipinski definition) is 2. The normalized spacial score (nSPS) is 26.2. The third-order valence-corrected chi connectivity index (χ3v) is 15.1. The highest BCUT2D eigenvalue weighted by Gasteiger charge is 2.57. The third kappa shape index (κ3) is 5.24. The van der Waals surface area contributed by atoms with Crippen molar-refractivity contribution in [1.29, 1.82) is 0 Å². The second-order valence-corrected chi connectivity index (χ2v) is 18.3. The summed E-state index contributed by atoms with van der Waals surface area (Å²) in [7, 11) is 0. The van der Waals surface area contributed by atoms with Crippen molar-refractivity contribution in [2.24, 2.45) is 17.8 Å². The van der Waals surface area contributed by atoms with Gasteiger partial charge in [0.2, 0.25) is 0 Å². The van der Waals surface area contributed by atoms with Crippen molar-refractivity contribution in [3.8, 4) is 11.1 Å². The third-order valence-electron chi connectivity index (χ3n) is 15.1. The number of rotatable bonds is 6. The van der Waals surface area contributed by atoms with Gasteiger partial charge in [0.05, 0.1) is 6.04 Å². The Bertz CT molecular complexity index is 2820. The topological polar surface area (TPSA) is 16.4 Å². The molecule has 2 heteroatoms. The summed E-state index contributed by atoms with van der Waals surface area (Å²) >= 11 is 0. The number of para-hydroxylation sites is 2. The van der Waals surface area contributed by atoms with Crippen LogP contribution in [-0.4, -0.2) is 6.04 Å². The van der Waals surface area contributed by atoms with E-state index in [0.717, 1.165) is 36.5 Å². The average molecular weight is 766 g/mol. The lowest BCUT2D eigenvalue weighted by Gasteiger charge is -2.40. The molecule has 290 valence electrons. The Morgan fingerprint density at radius 1 is 0.661 bits per heavy atom. The van der Waals surface area contributed by atoms with Crippen molar-refractivity contribution >= 4 is 39.6 Å². The second kappa shape index (κ2) is 13.6. The van der Waals surface area contributed by atoms with Crippen LogP contribution in [0, 0.1) is 17.8 Å². The molecule has 2 fully saturated rings. The summed E-state index contributed by atoms with van der Waals surface area (Å²) in [6.07, 6.45) is 23.2. The first-order chi connectivity index (χ1) is 29.1. The van der Waals surface area contributed by atoms with Gasteiger partial charge in [0, 0.05) is 44.8 Å². The first-order valence-corrected chi connectivity index (χ1v) is 22.3. The lowest BCUT2D eigenvalue weighted by Crippen LogP contribution is -2.36. The van der Waals surface area contributed by atoms with Crippen molar-refractivity contribution in [3.63, 3.8) is 0 Å². The molecule has 0 saturated heterocycles. The van der Waals surface area contributed by atoms with Gasteiger partial charge in [-0.25, -0.2) is 0 Å². The van der Waals surface area contributed by atoms with E-state index in [1.165, 1.54) is 92.6 Å². The minimum Gasteiger partial charge on any atom is -0.460 e. The van der Waals surface area contributed by atoms with Gasteiger partial charge in [0.1, 0.15) is 11.3 Å². The molecule has 59 heavy (non-hydrogen) atoms. The van der Waals surface area contributed by atoms with Crippen LogP contribution in [0.15, 0.2) is 167 Å². The zero-order valence-corrected chi connectivity index (χ0v) is 34.2.